The molecule has 0 spiro atoms. The standard InChI is InChI=1S/C23H18N4O2S/c1-14-5-6-19-20(9-14)29-23(26-19)18-12-24-27-22(18)16-3-2-4-17(11-16)25-21(28)10-15-7-8-30-13-15/h2-9,11-13H,10H2,1H3,(H,24,27)(H,25,28). The van der Waals surface area contributed by atoms with E-state index in [1.807, 2.05) is 66.2 Å². The van der Waals surface area contributed by atoms with Crippen LogP contribution in [0.4, 0.5) is 5.69 Å². The van der Waals surface area contributed by atoms with Crippen LogP contribution in [0, 0.1) is 6.92 Å². The van der Waals surface area contributed by atoms with Gasteiger partial charge in [0.2, 0.25) is 11.8 Å². The Labute approximate surface area is 176 Å². The van der Waals surface area contributed by atoms with Gasteiger partial charge in [0.1, 0.15) is 5.52 Å². The van der Waals surface area contributed by atoms with Crippen molar-refractivity contribution in [2.24, 2.45) is 0 Å². The van der Waals surface area contributed by atoms with Crippen LogP contribution in [0.3, 0.4) is 0 Å². The van der Waals surface area contributed by atoms with E-state index in [2.05, 4.69) is 20.5 Å². The topological polar surface area (TPSA) is 83.8 Å². The molecule has 0 bridgehead atoms. The number of amides is 1. The number of benzene rings is 2. The second kappa shape index (κ2) is 7.61. The molecule has 0 aliphatic heterocycles. The van der Waals surface area contributed by atoms with Crippen molar-refractivity contribution >= 4 is 34.0 Å². The summed E-state index contributed by atoms with van der Waals surface area (Å²) in [5.41, 5.74) is 6.83. The molecule has 0 aliphatic carbocycles. The first-order valence-corrected chi connectivity index (χ1v) is 10.4. The molecule has 7 heteroatoms. The Morgan fingerprint density at radius 2 is 2.13 bits per heavy atom. The van der Waals surface area contributed by atoms with Crippen LogP contribution in [0.25, 0.3) is 33.8 Å². The lowest BCUT2D eigenvalue weighted by Crippen LogP contribution is -2.13. The summed E-state index contributed by atoms with van der Waals surface area (Å²) in [7, 11) is 0. The van der Waals surface area contributed by atoms with E-state index >= 15 is 0 Å². The Hall–Kier alpha value is -3.71. The number of hydrogen-bond donors (Lipinski definition) is 2. The number of aromatic amines is 1. The maximum atomic E-state index is 12.3. The molecule has 1 amide bonds. The number of oxazole rings is 1. The molecule has 0 aliphatic rings. The molecular formula is C23H18N4O2S. The van der Waals surface area contributed by atoms with Gasteiger partial charge in [0, 0.05) is 11.3 Å². The summed E-state index contributed by atoms with van der Waals surface area (Å²) in [4.78, 5) is 16.9. The zero-order valence-corrected chi connectivity index (χ0v) is 17.0. The van der Waals surface area contributed by atoms with E-state index in [-0.39, 0.29) is 5.91 Å². The Bertz CT molecular complexity index is 1330. The number of aryl methyl sites for hydroxylation is 1. The van der Waals surface area contributed by atoms with Gasteiger partial charge in [-0.3, -0.25) is 9.89 Å². The number of carbonyl (C=O) groups excluding carboxylic acids is 1. The number of nitrogens with one attached hydrogen (secondary N) is 2. The van der Waals surface area contributed by atoms with Crippen LogP contribution < -0.4 is 5.32 Å². The van der Waals surface area contributed by atoms with Crippen LogP contribution >= 0.6 is 11.3 Å². The fourth-order valence-corrected chi connectivity index (χ4v) is 4.02. The molecule has 3 aromatic heterocycles. The third-order valence-corrected chi connectivity index (χ3v) is 5.53. The molecule has 0 saturated carbocycles. The van der Waals surface area contributed by atoms with E-state index in [4.69, 9.17) is 4.42 Å². The van der Waals surface area contributed by atoms with Crippen LogP contribution in [0.2, 0.25) is 0 Å². The minimum absolute atomic E-state index is 0.0512. The molecule has 0 unspecified atom stereocenters. The zero-order chi connectivity index (χ0) is 20.5. The molecule has 5 aromatic rings. The van der Waals surface area contributed by atoms with Gasteiger partial charge in [-0.15, -0.1) is 0 Å². The number of hydrogen-bond acceptors (Lipinski definition) is 5. The van der Waals surface area contributed by atoms with Crippen molar-refractivity contribution in [3.63, 3.8) is 0 Å². The summed E-state index contributed by atoms with van der Waals surface area (Å²) >= 11 is 1.58. The molecule has 2 N–H and O–H groups in total. The number of fused-ring (bicyclic) bond motifs is 1. The third kappa shape index (κ3) is 3.62. The first kappa shape index (κ1) is 18.3. The molecule has 148 valence electrons. The lowest BCUT2D eigenvalue weighted by Gasteiger charge is -2.07. The number of thiophene rings is 1. The van der Waals surface area contributed by atoms with Gasteiger partial charge in [-0.1, -0.05) is 18.2 Å². The number of rotatable bonds is 5. The van der Waals surface area contributed by atoms with Gasteiger partial charge < -0.3 is 9.73 Å². The first-order valence-electron chi connectivity index (χ1n) is 9.48. The molecule has 0 atom stereocenters. The number of carbonyl (C=O) groups is 1. The summed E-state index contributed by atoms with van der Waals surface area (Å²) in [5, 5.41) is 14.1. The third-order valence-electron chi connectivity index (χ3n) is 4.79. The van der Waals surface area contributed by atoms with Gasteiger partial charge in [-0.25, -0.2) is 4.98 Å². The number of nitrogens with zero attached hydrogens (tertiary/aromatic N) is 2. The van der Waals surface area contributed by atoms with E-state index in [0.29, 0.717) is 12.3 Å². The van der Waals surface area contributed by atoms with Gasteiger partial charge in [0.25, 0.3) is 0 Å². The maximum Gasteiger partial charge on any atom is 0.231 e. The fraction of sp³-hybridized carbons (Fsp3) is 0.0870. The van der Waals surface area contributed by atoms with Crippen molar-refractivity contribution in [2.45, 2.75) is 13.3 Å². The Kier molecular flexibility index (Phi) is 4.65. The predicted octanol–water partition coefficient (Wildman–Crippen LogP) is 5.44. The SMILES string of the molecule is Cc1ccc2nc(-c3cn[nH]c3-c3cccc(NC(=O)Cc4ccsc4)c3)oc2c1. The summed E-state index contributed by atoms with van der Waals surface area (Å²) < 4.78 is 5.97. The molecular weight excluding hydrogens is 396 g/mol. The van der Waals surface area contributed by atoms with E-state index in [9.17, 15) is 4.79 Å². The summed E-state index contributed by atoms with van der Waals surface area (Å²) in [6.07, 6.45) is 2.06. The van der Waals surface area contributed by atoms with E-state index in [1.165, 1.54) is 0 Å². The minimum atomic E-state index is -0.0512. The van der Waals surface area contributed by atoms with E-state index in [1.54, 1.807) is 17.5 Å². The maximum absolute atomic E-state index is 12.3. The van der Waals surface area contributed by atoms with Gasteiger partial charge >= 0.3 is 0 Å². The second-order valence-electron chi connectivity index (χ2n) is 7.09. The molecule has 30 heavy (non-hydrogen) atoms. The van der Waals surface area contributed by atoms with Gasteiger partial charge in [-0.05, 0) is 59.1 Å². The van der Waals surface area contributed by atoms with E-state index < -0.39 is 0 Å². The van der Waals surface area contributed by atoms with Crippen molar-refractivity contribution in [2.75, 3.05) is 5.32 Å². The molecule has 0 fully saturated rings. The molecule has 2 aromatic carbocycles. The quantitative estimate of drug-likeness (QED) is 0.401. The second-order valence-corrected chi connectivity index (χ2v) is 7.87. The summed E-state index contributed by atoms with van der Waals surface area (Å²) in [6.45, 7) is 2.02. The Morgan fingerprint density at radius 3 is 3.00 bits per heavy atom. The largest absolute Gasteiger partial charge is 0.436 e. The highest BCUT2D eigenvalue weighted by Crippen LogP contribution is 2.33. The number of anilines is 1. The number of H-pyrrole nitrogens is 1. The van der Waals surface area contributed by atoms with Crippen molar-refractivity contribution in [3.05, 3.63) is 76.6 Å². The fourth-order valence-electron chi connectivity index (χ4n) is 3.35. The zero-order valence-electron chi connectivity index (χ0n) is 16.2. The molecule has 6 nitrogen and oxygen atoms in total. The van der Waals surface area contributed by atoms with Gasteiger partial charge in [0.15, 0.2) is 5.58 Å². The monoisotopic (exact) mass is 414 g/mol. The average Bonchev–Trinajstić information content (AvgIpc) is 3.48. The molecule has 3 heterocycles. The lowest BCUT2D eigenvalue weighted by molar-refractivity contribution is -0.115. The van der Waals surface area contributed by atoms with Crippen LogP contribution in [0.15, 0.2) is 69.9 Å². The highest BCUT2D eigenvalue weighted by atomic mass is 32.1. The predicted molar refractivity (Wildman–Crippen MR) is 118 cm³/mol. The molecule has 5 rings (SSSR count). The van der Waals surface area contributed by atoms with E-state index in [0.717, 1.165) is 44.7 Å². The molecule has 0 saturated heterocycles. The van der Waals surface area contributed by atoms with Crippen molar-refractivity contribution in [1.29, 1.82) is 0 Å². The highest BCUT2D eigenvalue weighted by Gasteiger charge is 2.16. The van der Waals surface area contributed by atoms with Gasteiger partial charge in [0.05, 0.1) is 23.9 Å². The van der Waals surface area contributed by atoms with Crippen molar-refractivity contribution < 1.29 is 9.21 Å². The Morgan fingerprint density at radius 1 is 1.20 bits per heavy atom. The number of aromatic nitrogens is 3. The first-order chi connectivity index (χ1) is 14.7. The van der Waals surface area contributed by atoms with Crippen LogP contribution in [0.1, 0.15) is 11.1 Å². The highest BCUT2D eigenvalue weighted by molar-refractivity contribution is 7.08. The minimum Gasteiger partial charge on any atom is -0.436 e. The van der Waals surface area contributed by atoms with Gasteiger partial charge in [-0.2, -0.15) is 16.4 Å². The smallest absolute Gasteiger partial charge is 0.231 e. The Balaban J connectivity index is 1.43. The average molecular weight is 414 g/mol. The van der Waals surface area contributed by atoms with Crippen LogP contribution in [-0.2, 0) is 11.2 Å². The molecule has 0 radical (unpaired) electrons. The van der Waals surface area contributed by atoms with Crippen LogP contribution in [0.5, 0.6) is 0 Å². The normalized spacial score (nSPS) is 11.1. The van der Waals surface area contributed by atoms with Crippen molar-refractivity contribution in [3.8, 4) is 22.7 Å². The van der Waals surface area contributed by atoms with Crippen LogP contribution in [-0.4, -0.2) is 21.1 Å². The lowest BCUT2D eigenvalue weighted by atomic mass is 10.1. The summed E-state index contributed by atoms with van der Waals surface area (Å²) in [5.74, 6) is 0.455. The summed E-state index contributed by atoms with van der Waals surface area (Å²) in [6, 6.07) is 15.5. The van der Waals surface area contributed by atoms with Crippen molar-refractivity contribution in [1.82, 2.24) is 15.2 Å².